The van der Waals surface area contributed by atoms with Gasteiger partial charge in [-0.15, -0.1) is 0 Å². The summed E-state index contributed by atoms with van der Waals surface area (Å²) < 4.78 is 69.7. The monoisotopic (exact) mass is 644 g/mol. The molecule has 1 aliphatic rings. The van der Waals surface area contributed by atoms with Crippen LogP contribution in [0.3, 0.4) is 0 Å². The number of hydrogen-bond donors (Lipinski definition) is 1. The summed E-state index contributed by atoms with van der Waals surface area (Å²) in [5.41, 5.74) is 3.32. The molecule has 2 N–H and O–H groups in total. The summed E-state index contributed by atoms with van der Waals surface area (Å²) in [7, 11) is 0. The molecule has 1 aliphatic carbocycles. The maximum Gasteiger partial charge on any atom is 0.309 e. The van der Waals surface area contributed by atoms with E-state index in [1.54, 1.807) is 0 Å². The first-order chi connectivity index (χ1) is 22.0. The van der Waals surface area contributed by atoms with E-state index >= 15 is 8.78 Å². The Morgan fingerprint density at radius 1 is 0.891 bits per heavy atom. The van der Waals surface area contributed by atoms with Gasteiger partial charge in [-0.05, 0) is 69.1 Å². The zero-order valence-corrected chi connectivity index (χ0v) is 26.1. The molecule has 11 heteroatoms. The summed E-state index contributed by atoms with van der Waals surface area (Å²) in [6.45, 7) is 4.37. The molecule has 1 atom stereocenters. The highest BCUT2D eigenvalue weighted by Crippen LogP contribution is 2.28. The Kier molecular flexibility index (Phi) is 12.0. The Bertz CT molecular complexity index is 1580. The van der Waals surface area contributed by atoms with Gasteiger partial charge in [-0.25, -0.2) is 17.6 Å². The van der Waals surface area contributed by atoms with E-state index in [9.17, 15) is 23.2 Å². The number of halogens is 4. The fourth-order valence-corrected chi connectivity index (χ4v) is 5.84. The maximum atomic E-state index is 15.2. The van der Waals surface area contributed by atoms with Crippen molar-refractivity contribution in [1.82, 2.24) is 4.57 Å². The molecule has 0 unspecified atom stereocenters. The maximum absolute atomic E-state index is 15.2. The second-order valence-corrected chi connectivity index (χ2v) is 12.2. The standard InChI is InChI=1S/C35H40F4N2O5/c1-21(2)17-22(35(44)46-24-10-6-7-11-24)9-5-3-4-8-16-45-25-19-29(38)32(30(39)20-25)41-31(42)15-14-27(34(41)40)33(43)26-13-12-23(36)18-28(26)37/h12-15,18-22,24H,3-11,16-17,40H2,1-2H3/t22-/m0/s1. The van der Waals surface area contributed by atoms with Crippen LogP contribution in [-0.4, -0.2) is 29.0 Å². The number of anilines is 1. The highest BCUT2D eigenvalue weighted by Gasteiger charge is 2.26. The van der Waals surface area contributed by atoms with Gasteiger partial charge in [0.05, 0.1) is 23.7 Å². The molecule has 0 amide bonds. The minimum absolute atomic E-state index is 0.0504. The summed E-state index contributed by atoms with van der Waals surface area (Å²) >= 11 is 0. The van der Waals surface area contributed by atoms with Gasteiger partial charge in [-0.3, -0.25) is 19.0 Å². The fourth-order valence-electron chi connectivity index (χ4n) is 5.84. The van der Waals surface area contributed by atoms with Crippen LogP contribution in [0.4, 0.5) is 23.4 Å². The summed E-state index contributed by atoms with van der Waals surface area (Å²) in [6.07, 6.45) is 8.78. The lowest BCUT2D eigenvalue weighted by molar-refractivity contribution is -0.154. The van der Waals surface area contributed by atoms with Crippen LogP contribution in [0.5, 0.6) is 5.75 Å². The van der Waals surface area contributed by atoms with Crippen LogP contribution < -0.4 is 16.0 Å². The third-order valence-corrected chi connectivity index (χ3v) is 8.15. The molecule has 7 nitrogen and oxygen atoms in total. The Morgan fingerprint density at radius 3 is 2.20 bits per heavy atom. The van der Waals surface area contributed by atoms with Gasteiger partial charge >= 0.3 is 5.97 Å². The van der Waals surface area contributed by atoms with E-state index in [4.69, 9.17) is 15.2 Å². The molecule has 0 saturated heterocycles. The number of aromatic nitrogens is 1. The minimum atomic E-state index is -1.16. The third kappa shape index (κ3) is 8.76. The van der Waals surface area contributed by atoms with Crippen LogP contribution in [0, 0.1) is 35.1 Å². The van der Waals surface area contributed by atoms with Crippen molar-refractivity contribution in [2.24, 2.45) is 11.8 Å². The quantitative estimate of drug-likeness (QED) is 0.0788. The molecule has 4 rings (SSSR count). The number of ketones is 1. The topological polar surface area (TPSA) is 101 Å². The second-order valence-electron chi connectivity index (χ2n) is 12.2. The molecule has 0 bridgehead atoms. The van der Waals surface area contributed by atoms with Gasteiger partial charge < -0.3 is 15.2 Å². The first kappa shape index (κ1) is 34.7. The van der Waals surface area contributed by atoms with Crippen molar-refractivity contribution in [3.8, 4) is 11.4 Å². The molecule has 1 heterocycles. The van der Waals surface area contributed by atoms with Crippen molar-refractivity contribution >= 4 is 17.6 Å². The van der Waals surface area contributed by atoms with E-state index in [0.29, 0.717) is 23.0 Å². The number of nitrogen functional groups attached to an aromatic ring is 1. The predicted molar refractivity (Wildman–Crippen MR) is 166 cm³/mol. The number of esters is 1. The van der Waals surface area contributed by atoms with Crippen LogP contribution in [0.25, 0.3) is 5.69 Å². The van der Waals surface area contributed by atoms with Gasteiger partial charge in [0.2, 0.25) is 0 Å². The Hall–Kier alpha value is -4.15. The Labute approximate surface area is 265 Å². The van der Waals surface area contributed by atoms with Crippen LogP contribution >= 0.6 is 0 Å². The predicted octanol–water partition coefficient (Wildman–Crippen LogP) is 7.68. The number of carbonyl (C=O) groups is 2. The van der Waals surface area contributed by atoms with E-state index < -0.39 is 57.2 Å². The zero-order valence-electron chi connectivity index (χ0n) is 26.1. The number of benzene rings is 2. The molecular formula is C35H40F4N2O5. The lowest BCUT2D eigenvalue weighted by atomic mass is 9.92. The van der Waals surface area contributed by atoms with Crippen LogP contribution in [0.2, 0.25) is 0 Å². The molecular weight excluding hydrogens is 604 g/mol. The number of rotatable bonds is 15. The van der Waals surface area contributed by atoms with Gasteiger partial charge in [0, 0.05) is 24.3 Å². The molecule has 2 aromatic carbocycles. The van der Waals surface area contributed by atoms with Crippen LogP contribution in [0.1, 0.15) is 94.0 Å². The largest absolute Gasteiger partial charge is 0.493 e. The number of nitrogens with two attached hydrogens (primary N) is 1. The molecule has 46 heavy (non-hydrogen) atoms. The first-order valence-electron chi connectivity index (χ1n) is 15.8. The Balaban J connectivity index is 1.33. The van der Waals surface area contributed by atoms with Gasteiger partial charge in [-0.1, -0.05) is 33.1 Å². The minimum Gasteiger partial charge on any atom is -0.493 e. The molecule has 1 aromatic heterocycles. The lowest BCUT2D eigenvalue weighted by Gasteiger charge is -2.20. The number of nitrogens with zero attached hydrogens (tertiary/aromatic N) is 1. The van der Waals surface area contributed by atoms with Crippen molar-refractivity contribution < 1.29 is 36.6 Å². The average molecular weight is 645 g/mol. The highest BCUT2D eigenvalue weighted by molar-refractivity contribution is 6.11. The van der Waals surface area contributed by atoms with E-state index in [2.05, 4.69) is 13.8 Å². The summed E-state index contributed by atoms with van der Waals surface area (Å²) in [4.78, 5) is 38.3. The number of pyridine rings is 1. The van der Waals surface area contributed by atoms with E-state index in [0.717, 1.165) is 94.2 Å². The number of ether oxygens (including phenoxy) is 2. The van der Waals surface area contributed by atoms with Crippen LogP contribution in [-0.2, 0) is 9.53 Å². The zero-order chi connectivity index (χ0) is 33.4. The molecule has 1 saturated carbocycles. The number of carbonyl (C=O) groups excluding carboxylic acids is 2. The van der Waals surface area contributed by atoms with Crippen molar-refractivity contribution in [2.75, 3.05) is 12.3 Å². The van der Waals surface area contributed by atoms with Gasteiger partial charge in [0.25, 0.3) is 5.56 Å². The number of unbranched alkanes of at least 4 members (excludes halogenated alkanes) is 3. The van der Waals surface area contributed by atoms with Crippen molar-refractivity contribution in [3.05, 3.63) is 87.2 Å². The van der Waals surface area contributed by atoms with Crippen molar-refractivity contribution in [3.63, 3.8) is 0 Å². The lowest BCUT2D eigenvalue weighted by Crippen LogP contribution is -2.25. The first-order valence-corrected chi connectivity index (χ1v) is 15.8. The molecule has 1 fully saturated rings. The van der Waals surface area contributed by atoms with Crippen molar-refractivity contribution in [2.45, 2.75) is 84.2 Å². The highest BCUT2D eigenvalue weighted by atomic mass is 19.1. The van der Waals surface area contributed by atoms with Crippen molar-refractivity contribution in [1.29, 1.82) is 0 Å². The molecule has 3 aromatic rings. The third-order valence-electron chi connectivity index (χ3n) is 8.15. The van der Waals surface area contributed by atoms with E-state index in [1.807, 2.05) is 0 Å². The molecule has 0 spiro atoms. The summed E-state index contributed by atoms with van der Waals surface area (Å²) in [6, 6.07) is 6.00. The van der Waals surface area contributed by atoms with E-state index in [1.165, 1.54) is 0 Å². The summed E-state index contributed by atoms with van der Waals surface area (Å²) in [5.74, 6) is -5.93. The Morgan fingerprint density at radius 2 is 1.54 bits per heavy atom. The summed E-state index contributed by atoms with van der Waals surface area (Å²) in [5, 5.41) is 0. The normalized spacial score (nSPS) is 14.1. The average Bonchev–Trinajstić information content (AvgIpc) is 3.50. The van der Waals surface area contributed by atoms with Crippen LogP contribution in [0.15, 0.2) is 47.3 Å². The molecule has 248 valence electrons. The SMILES string of the molecule is CC(C)C[C@H](CCCCCCOc1cc(F)c(-n2c(N)c(C(=O)c3ccc(F)cc3F)ccc2=O)c(F)c1)C(=O)OC1CCCC1. The second kappa shape index (κ2) is 15.9. The molecule has 0 aliphatic heterocycles. The molecule has 0 radical (unpaired) electrons. The van der Waals surface area contributed by atoms with Gasteiger partial charge in [-0.2, -0.15) is 0 Å². The smallest absolute Gasteiger partial charge is 0.309 e. The number of hydrogen-bond acceptors (Lipinski definition) is 6. The van der Waals surface area contributed by atoms with E-state index in [-0.39, 0.29) is 30.3 Å². The fraction of sp³-hybridized carbons (Fsp3) is 0.457. The van der Waals surface area contributed by atoms with Gasteiger partial charge in [0.1, 0.15) is 35.0 Å². The van der Waals surface area contributed by atoms with Gasteiger partial charge in [0.15, 0.2) is 17.4 Å².